The third-order valence-corrected chi connectivity index (χ3v) is 3.43. The van der Waals surface area contributed by atoms with Crippen molar-refractivity contribution in [2.75, 3.05) is 11.9 Å². The van der Waals surface area contributed by atoms with Crippen LogP contribution in [-0.4, -0.2) is 17.6 Å². The van der Waals surface area contributed by atoms with Gasteiger partial charge in [0.25, 0.3) is 0 Å². The van der Waals surface area contributed by atoms with Crippen molar-refractivity contribution in [3.8, 4) is 0 Å². The smallest absolute Gasteiger partial charge is 0.126 e. The number of rotatable bonds is 5. The number of hydrogen-bond donors (Lipinski definition) is 1. The Bertz CT molecular complexity index is 346. The largest absolute Gasteiger partial charge is 0.372 e. The van der Waals surface area contributed by atoms with Gasteiger partial charge in [0.2, 0.25) is 0 Å². The molecule has 0 aromatic carbocycles. The number of nitrogens with zero attached hydrogens (tertiary/aromatic N) is 1. The molecule has 0 bridgehead atoms. The topological polar surface area (TPSA) is 34.1 Å². The summed E-state index contributed by atoms with van der Waals surface area (Å²) in [5, 5.41) is 3.23. The van der Waals surface area contributed by atoms with Crippen LogP contribution in [0, 0.1) is 0 Å². The van der Waals surface area contributed by atoms with Gasteiger partial charge in [0.15, 0.2) is 0 Å². The number of nitrogens with one attached hydrogen (secondary N) is 1. The number of ether oxygens (including phenoxy) is 1. The van der Waals surface area contributed by atoms with Crippen LogP contribution in [0.25, 0.3) is 0 Å². The van der Waals surface area contributed by atoms with Crippen LogP contribution in [0.4, 0.5) is 5.82 Å². The minimum Gasteiger partial charge on any atom is -0.372 e. The fraction of sp³-hybridized carbons (Fsp3) is 0.667. The van der Waals surface area contributed by atoms with E-state index in [9.17, 15) is 0 Å². The van der Waals surface area contributed by atoms with Gasteiger partial charge in [-0.3, -0.25) is 0 Å². The molecule has 1 N–H and O–H groups in total. The molecular weight excluding hydrogens is 224 g/mol. The Hall–Kier alpha value is -1.09. The lowest BCUT2D eigenvalue weighted by Gasteiger charge is -2.15. The van der Waals surface area contributed by atoms with Crippen molar-refractivity contribution in [2.45, 2.75) is 58.2 Å². The highest BCUT2D eigenvalue weighted by molar-refractivity contribution is 5.34. The molecule has 0 aliphatic heterocycles. The Labute approximate surface area is 110 Å². The summed E-state index contributed by atoms with van der Waals surface area (Å²) < 4.78 is 5.99. The van der Waals surface area contributed by atoms with Crippen LogP contribution in [0.2, 0.25) is 0 Å². The Morgan fingerprint density at radius 3 is 2.72 bits per heavy atom. The first-order valence-electron chi connectivity index (χ1n) is 7.20. The minimum absolute atomic E-state index is 0.442. The molecule has 1 aromatic rings. The number of anilines is 1. The maximum atomic E-state index is 5.99. The molecule has 1 heterocycles. The summed E-state index contributed by atoms with van der Waals surface area (Å²) in [7, 11) is 0. The van der Waals surface area contributed by atoms with Crippen molar-refractivity contribution in [1.29, 1.82) is 0 Å². The zero-order valence-electron chi connectivity index (χ0n) is 11.3. The van der Waals surface area contributed by atoms with Gasteiger partial charge in [0.1, 0.15) is 5.82 Å². The van der Waals surface area contributed by atoms with Gasteiger partial charge in [-0.15, -0.1) is 0 Å². The number of aromatic nitrogens is 1. The molecule has 0 unspecified atom stereocenters. The molecule has 1 aliphatic rings. The Morgan fingerprint density at radius 2 is 2.00 bits per heavy atom. The van der Waals surface area contributed by atoms with Gasteiger partial charge in [0, 0.05) is 6.54 Å². The first-order chi connectivity index (χ1) is 8.88. The molecule has 0 amide bonds. The molecule has 1 fully saturated rings. The van der Waals surface area contributed by atoms with Crippen LogP contribution < -0.4 is 5.32 Å². The highest BCUT2D eigenvalue weighted by Crippen LogP contribution is 2.20. The zero-order valence-corrected chi connectivity index (χ0v) is 11.3. The Balaban J connectivity index is 1.83. The van der Waals surface area contributed by atoms with Crippen molar-refractivity contribution in [1.82, 2.24) is 4.98 Å². The van der Waals surface area contributed by atoms with Crippen molar-refractivity contribution in [2.24, 2.45) is 0 Å². The van der Waals surface area contributed by atoms with Crippen LogP contribution in [0.3, 0.4) is 0 Å². The van der Waals surface area contributed by atoms with Crippen LogP contribution >= 0.6 is 0 Å². The highest BCUT2D eigenvalue weighted by Gasteiger charge is 2.12. The van der Waals surface area contributed by atoms with E-state index in [1.54, 1.807) is 0 Å². The summed E-state index contributed by atoms with van der Waals surface area (Å²) in [4.78, 5) is 4.53. The SMILES string of the molecule is CCNc1cccc(COC2CCCCCC2)n1. The van der Waals surface area contributed by atoms with Gasteiger partial charge in [-0.2, -0.15) is 0 Å². The molecule has 0 atom stereocenters. The molecule has 1 aliphatic carbocycles. The molecule has 1 aromatic heterocycles. The van der Waals surface area contributed by atoms with E-state index < -0.39 is 0 Å². The lowest BCUT2D eigenvalue weighted by Crippen LogP contribution is -2.12. The van der Waals surface area contributed by atoms with E-state index in [4.69, 9.17) is 4.74 Å². The lowest BCUT2D eigenvalue weighted by molar-refractivity contribution is 0.0293. The predicted octanol–water partition coefficient (Wildman–Crippen LogP) is 3.75. The molecule has 0 saturated heterocycles. The van der Waals surface area contributed by atoms with Gasteiger partial charge >= 0.3 is 0 Å². The van der Waals surface area contributed by atoms with Gasteiger partial charge in [-0.05, 0) is 31.9 Å². The second kappa shape index (κ2) is 7.37. The van der Waals surface area contributed by atoms with Crippen molar-refractivity contribution in [3.63, 3.8) is 0 Å². The van der Waals surface area contributed by atoms with E-state index >= 15 is 0 Å². The molecule has 3 nitrogen and oxygen atoms in total. The maximum absolute atomic E-state index is 5.99. The molecule has 2 rings (SSSR count). The molecule has 0 spiro atoms. The van der Waals surface area contributed by atoms with Crippen LogP contribution in [-0.2, 0) is 11.3 Å². The van der Waals surface area contributed by atoms with E-state index in [1.807, 2.05) is 18.2 Å². The Kier molecular flexibility index (Phi) is 5.46. The third-order valence-electron chi connectivity index (χ3n) is 3.43. The van der Waals surface area contributed by atoms with Crippen molar-refractivity contribution >= 4 is 5.82 Å². The molecule has 1 saturated carbocycles. The fourth-order valence-electron chi connectivity index (χ4n) is 2.45. The average molecular weight is 248 g/mol. The molecule has 0 radical (unpaired) electrons. The second-order valence-electron chi connectivity index (χ2n) is 4.97. The van der Waals surface area contributed by atoms with Gasteiger partial charge < -0.3 is 10.1 Å². The quantitative estimate of drug-likeness (QED) is 0.806. The first kappa shape index (κ1) is 13.3. The van der Waals surface area contributed by atoms with Crippen LogP contribution in [0.1, 0.15) is 51.1 Å². The highest BCUT2D eigenvalue weighted by atomic mass is 16.5. The summed E-state index contributed by atoms with van der Waals surface area (Å²) in [6.07, 6.45) is 8.24. The lowest BCUT2D eigenvalue weighted by atomic mass is 10.1. The third kappa shape index (κ3) is 4.30. The monoisotopic (exact) mass is 248 g/mol. The van der Waals surface area contributed by atoms with Gasteiger partial charge in [0.05, 0.1) is 18.4 Å². The molecule has 18 heavy (non-hydrogen) atoms. The zero-order chi connectivity index (χ0) is 12.6. The first-order valence-corrected chi connectivity index (χ1v) is 7.20. The molecular formula is C15H24N2O. The maximum Gasteiger partial charge on any atom is 0.126 e. The normalized spacial score (nSPS) is 17.4. The molecule has 3 heteroatoms. The second-order valence-corrected chi connectivity index (χ2v) is 4.97. The molecule has 100 valence electrons. The number of pyridine rings is 1. The van der Waals surface area contributed by atoms with E-state index in [-0.39, 0.29) is 0 Å². The predicted molar refractivity (Wildman–Crippen MR) is 74.7 cm³/mol. The van der Waals surface area contributed by atoms with Crippen molar-refractivity contribution in [3.05, 3.63) is 23.9 Å². The summed E-state index contributed by atoms with van der Waals surface area (Å²) in [6.45, 7) is 3.63. The van der Waals surface area contributed by atoms with E-state index in [0.29, 0.717) is 12.7 Å². The summed E-state index contributed by atoms with van der Waals surface area (Å²) >= 11 is 0. The van der Waals surface area contributed by atoms with Crippen LogP contribution in [0.15, 0.2) is 18.2 Å². The summed E-state index contributed by atoms with van der Waals surface area (Å²) in [5.41, 5.74) is 1.03. The summed E-state index contributed by atoms with van der Waals surface area (Å²) in [5.74, 6) is 0.944. The van der Waals surface area contributed by atoms with Crippen LogP contribution in [0.5, 0.6) is 0 Å². The number of hydrogen-bond acceptors (Lipinski definition) is 3. The van der Waals surface area contributed by atoms with E-state index in [1.165, 1.54) is 38.5 Å². The summed E-state index contributed by atoms with van der Waals surface area (Å²) in [6, 6.07) is 6.08. The van der Waals surface area contributed by atoms with E-state index in [0.717, 1.165) is 18.1 Å². The average Bonchev–Trinajstić information content (AvgIpc) is 2.66. The van der Waals surface area contributed by atoms with Gasteiger partial charge in [-0.1, -0.05) is 31.7 Å². The van der Waals surface area contributed by atoms with Crippen molar-refractivity contribution < 1.29 is 4.74 Å². The van der Waals surface area contributed by atoms with Gasteiger partial charge in [-0.25, -0.2) is 4.98 Å². The minimum atomic E-state index is 0.442. The van der Waals surface area contributed by atoms with E-state index in [2.05, 4.69) is 17.2 Å². The Morgan fingerprint density at radius 1 is 1.22 bits per heavy atom. The fourth-order valence-corrected chi connectivity index (χ4v) is 2.45. The standard InChI is InChI=1S/C15H24N2O/c1-2-16-15-11-7-8-13(17-15)12-18-14-9-5-3-4-6-10-14/h7-8,11,14H,2-6,9-10,12H2,1H3,(H,16,17).